The SMILES string of the molecule is CCOc1ccccc1C(O)C(F)F. The van der Waals surface area contributed by atoms with Crippen LogP contribution in [0.2, 0.25) is 0 Å². The van der Waals surface area contributed by atoms with Crippen LogP contribution in [0.25, 0.3) is 0 Å². The van der Waals surface area contributed by atoms with Crippen LogP contribution in [0.3, 0.4) is 0 Å². The summed E-state index contributed by atoms with van der Waals surface area (Å²) in [4.78, 5) is 0. The minimum absolute atomic E-state index is 0.129. The number of benzene rings is 1. The van der Waals surface area contributed by atoms with Crippen LogP contribution in [-0.2, 0) is 0 Å². The van der Waals surface area contributed by atoms with E-state index in [2.05, 4.69) is 0 Å². The molecule has 0 aromatic heterocycles. The number of aliphatic hydroxyl groups excluding tert-OH is 1. The van der Waals surface area contributed by atoms with E-state index < -0.39 is 12.5 Å². The van der Waals surface area contributed by atoms with Crippen molar-refractivity contribution in [2.24, 2.45) is 0 Å². The van der Waals surface area contributed by atoms with Crippen molar-refractivity contribution in [1.82, 2.24) is 0 Å². The summed E-state index contributed by atoms with van der Waals surface area (Å²) in [6.07, 6.45) is -4.57. The van der Waals surface area contributed by atoms with E-state index in [1.54, 1.807) is 25.1 Å². The summed E-state index contributed by atoms with van der Waals surface area (Å²) in [5.74, 6) is 0.308. The molecule has 0 spiro atoms. The van der Waals surface area contributed by atoms with E-state index in [0.717, 1.165) is 0 Å². The highest BCUT2D eigenvalue weighted by molar-refractivity contribution is 5.35. The zero-order valence-electron chi connectivity index (χ0n) is 7.78. The summed E-state index contributed by atoms with van der Waals surface area (Å²) in [5, 5.41) is 9.18. The first-order valence-corrected chi connectivity index (χ1v) is 4.34. The van der Waals surface area contributed by atoms with Crippen molar-refractivity contribution in [3.63, 3.8) is 0 Å². The Morgan fingerprint density at radius 2 is 2.00 bits per heavy atom. The molecule has 0 heterocycles. The number of para-hydroxylation sites is 1. The van der Waals surface area contributed by atoms with Gasteiger partial charge in [-0.1, -0.05) is 18.2 Å². The van der Waals surface area contributed by atoms with Crippen LogP contribution in [0, 0.1) is 0 Å². The topological polar surface area (TPSA) is 29.5 Å². The molecule has 1 unspecified atom stereocenters. The maximum atomic E-state index is 12.2. The lowest BCUT2D eigenvalue weighted by molar-refractivity contribution is -0.00721. The molecule has 0 bridgehead atoms. The lowest BCUT2D eigenvalue weighted by Crippen LogP contribution is -2.10. The smallest absolute Gasteiger partial charge is 0.268 e. The normalized spacial score (nSPS) is 12.9. The van der Waals surface area contributed by atoms with E-state index in [0.29, 0.717) is 12.4 Å². The average molecular weight is 202 g/mol. The fourth-order valence-electron chi connectivity index (χ4n) is 1.15. The van der Waals surface area contributed by atoms with E-state index in [9.17, 15) is 13.9 Å². The van der Waals surface area contributed by atoms with Gasteiger partial charge >= 0.3 is 0 Å². The van der Waals surface area contributed by atoms with Crippen LogP contribution in [0.15, 0.2) is 24.3 Å². The van der Waals surface area contributed by atoms with Gasteiger partial charge in [-0.15, -0.1) is 0 Å². The Morgan fingerprint density at radius 3 is 2.57 bits per heavy atom. The van der Waals surface area contributed by atoms with Crippen LogP contribution < -0.4 is 4.74 Å². The lowest BCUT2D eigenvalue weighted by Gasteiger charge is -2.14. The molecule has 0 aliphatic heterocycles. The number of hydrogen-bond acceptors (Lipinski definition) is 2. The van der Waals surface area contributed by atoms with Gasteiger partial charge in [-0.3, -0.25) is 0 Å². The van der Waals surface area contributed by atoms with Crippen molar-refractivity contribution in [3.8, 4) is 5.75 Å². The highest BCUT2D eigenvalue weighted by Crippen LogP contribution is 2.28. The minimum Gasteiger partial charge on any atom is -0.493 e. The molecule has 0 aliphatic rings. The molecule has 0 saturated carbocycles. The summed E-state index contributed by atoms with van der Waals surface area (Å²) >= 11 is 0. The first-order valence-electron chi connectivity index (χ1n) is 4.34. The Balaban J connectivity index is 2.94. The summed E-state index contributed by atoms with van der Waals surface area (Å²) in [6.45, 7) is 2.14. The predicted octanol–water partition coefficient (Wildman–Crippen LogP) is 2.38. The highest BCUT2D eigenvalue weighted by Gasteiger charge is 2.22. The molecule has 1 aromatic carbocycles. The van der Waals surface area contributed by atoms with Gasteiger partial charge in [0.05, 0.1) is 6.61 Å². The molecule has 78 valence electrons. The van der Waals surface area contributed by atoms with Crippen molar-refractivity contribution < 1.29 is 18.6 Å². The summed E-state index contributed by atoms with van der Waals surface area (Å²) in [6, 6.07) is 6.25. The standard InChI is InChI=1S/C10H12F2O2/c1-2-14-8-6-4-3-5-7(8)9(13)10(11)12/h3-6,9-10,13H,2H2,1H3. The fourth-order valence-corrected chi connectivity index (χ4v) is 1.15. The molecular formula is C10H12F2O2. The zero-order valence-corrected chi connectivity index (χ0v) is 7.78. The maximum absolute atomic E-state index is 12.2. The molecule has 0 saturated heterocycles. The van der Waals surface area contributed by atoms with Gasteiger partial charge in [0.2, 0.25) is 0 Å². The van der Waals surface area contributed by atoms with E-state index in [1.165, 1.54) is 6.07 Å². The molecular weight excluding hydrogens is 190 g/mol. The van der Waals surface area contributed by atoms with Crippen LogP contribution in [0.5, 0.6) is 5.75 Å². The van der Waals surface area contributed by atoms with E-state index in [-0.39, 0.29) is 5.56 Å². The molecule has 0 amide bonds. The summed E-state index contributed by atoms with van der Waals surface area (Å²) < 4.78 is 29.6. The number of halogens is 2. The molecule has 1 atom stereocenters. The molecule has 4 heteroatoms. The second-order valence-corrected chi connectivity index (χ2v) is 2.75. The number of ether oxygens (including phenoxy) is 1. The third kappa shape index (κ3) is 2.42. The molecule has 14 heavy (non-hydrogen) atoms. The number of hydrogen-bond donors (Lipinski definition) is 1. The van der Waals surface area contributed by atoms with Gasteiger partial charge in [-0.2, -0.15) is 0 Å². The van der Waals surface area contributed by atoms with Crippen molar-refractivity contribution in [2.75, 3.05) is 6.61 Å². The first kappa shape index (κ1) is 10.9. The van der Waals surface area contributed by atoms with Gasteiger partial charge < -0.3 is 9.84 Å². The number of aliphatic hydroxyl groups is 1. The molecule has 0 radical (unpaired) electrons. The molecule has 1 aromatic rings. The second kappa shape index (κ2) is 4.91. The Kier molecular flexibility index (Phi) is 3.83. The van der Waals surface area contributed by atoms with E-state index in [1.807, 2.05) is 0 Å². The van der Waals surface area contributed by atoms with Gasteiger partial charge in [-0.25, -0.2) is 8.78 Å². The molecule has 1 N–H and O–H groups in total. The number of alkyl halides is 2. The quantitative estimate of drug-likeness (QED) is 0.812. The van der Waals surface area contributed by atoms with Crippen molar-refractivity contribution in [3.05, 3.63) is 29.8 Å². The largest absolute Gasteiger partial charge is 0.493 e. The highest BCUT2D eigenvalue weighted by atomic mass is 19.3. The van der Waals surface area contributed by atoms with Crippen molar-refractivity contribution >= 4 is 0 Å². The molecule has 1 rings (SSSR count). The Hall–Kier alpha value is -1.16. The zero-order chi connectivity index (χ0) is 10.6. The van der Waals surface area contributed by atoms with Crippen LogP contribution in [0.4, 0.5) is 8.78 Å². The monoisotopic (exact) mass is 202 g/mol. The molecule has 0 aliphatic carbocycles. The van der Waals surface area contributed by atoms with Crippen LogP contribution in [0.1, 0.15) is 18.6 Å². The van der Waals surface area contributed by atoms with Gasteiger partial charge in [0, 0.05) is 5.56 Å². The third-order valence-electron chi connectivity index (χ3n) is 1.78. The Bertz CT molecular complexity index is 289. The predicted molar refractivity (Wildman–Crippen MR) is 48.6 cm³/mol. The fraction of sp³-hybridized carbons (Fsp3) is 0.400. The van der Waals surface area contributed by atoms with Crippen molar-refractivity contribution in [1.29, 1.82) is 0 Å². The van der Waals surface area contributed by atoms with Crippen LogP contribution in [-0.4, -0.2) is 18.1 Å². The Labute approximate surface area is 81.1 Å². The average Bonchev–Trinajstić information content (AvgIpc) is 2.18. The second-order valence-electron chi connectivity index (χ2n) is 2.75. The molecule has 0 fully saturated rings. The maximum Gasteiger partial charge on any atom is 0.268 e. The van der Waals surface area contributed by atoms with Gasteiger partial charge in [0.25, 0.3) is 6.43 Å². The summed E-state index contributed by atoms with van der Waals surface area (Å²) in [5.41, 5.74) is 0.129. The third-order valence-corrected chi connectivity index (χ3v) is 1.78. The summed E-state index contributed by atoms with van der Waals surface area (Å²) in [7, 11) is 0. The van der Waals surface area contributed by atoms with E-state index >= 15 is 0 Å². The molecule has 2 nitrogen and oxygen atoms in total. The van der Waals surface area contributed by atoms with Gasteiger partial charge in [-0.05, 0) is 13.0 Å². The first-order chi connectivity index (χ1) is 6.66. The number of rotatable bonds is 4. The van der Waals surface area contributed by atoms with Crippen LogP contribution >= 0.6 is 0 Å². The minimum atomic E-state index is -2.79. The van der Waals surface area contributed by atoms with Gasteiger partial charge in [0.15, 0.2) is 0 Å². The van der Waals surface area contributed by atoms with Gasteiger partial charge in [0.1, 0.15) is 11.9 Å². The Morgan fingerprint density at radius 1 is 1.36 bits per heavy atom. The van der Waals surface area contributed by atoms with Crippen molar-refractivity contribution in [2.45, 2.75) is 19.5 Å². The van der Waals surface area contributed by atoms with E-state index in [4.69, 9.17) is 4.74 Å². The lowest BCUT2D eigenvalue weighted by atomic mass is 10.1.